The van der Waals surface area contributed by atoms with E-state index in [0.29, 0.717) is 25.2 Å². The molecule has 2 aliphatic heterocycles. The Labute approximate surface area is 170 Å². The number of pyridine rings is 1. The van der Waals surface area contributed by atoms with Crippen molar-refractivity contribution in [2.24, 2.45) is 0 Å². The normalized spacial score (nSPS) is 19.3. The first-order valence-electron chi connectivity index (χ1n) is 9.83. The number of aromatic nitrogens is 1. The topological polar surface area (TPSA) is 71.5 Å². The van der Waals surface area contributed by atoms with Crippen LogP contribution in [0.1, 0.15) is 37.0 Å². The lowest BCUT2D eigenvalue weighted by Crippen LogP contribution is -2.43. The minimum atomic E-state index is -0.165. The quantitative estimate of drug-likeness (QED) is 0.813. The zero-order valence-corrected chi connectivity index (χ0v) is 16.9. The Bertz CT molecular complexity index is 997. The highest BCUT2D eigenvalue weighted by Crippen LogP contribution is 2.42. The summed E-state index contributed by atoms with van der Waals surface area (Å²) >= 11 is 0. The van der Waals surface area contributed by atoms with E-state index in [1.54, 1.807) is 30.3 Å². The maximum absolute atomic E-state index is 12.6. The van der Waals surface area contributed by atoms with Crippen molar-refractivity contribution < 1.29 is 14.3 Å². The number of aryl methyl sites for hydroxylation is 1. The number of amides is 2. The van der Waals surface area contributed by atoms with Gasteiger partial charge in [-0.1, -0.05) is 32.0 Å². The smallest absolute Gasteiger partial charge is 0.246 e. The zero-order valence-electron chi connectivity index (χ0n) is 16.9. The number of likely N-dealkylation sites (N-methyl/N-ethyl adjacent to an activating group) is 1. The molecule has 3 heterocycles. The summed E-state index contributed by atoms with van der Waals surface area (Å²) < 4.78 is 6.11. The van der Waals surface area contributed by atoms with Gasteiger partial charge in [0.1, 0.15) is 17.7 Å². The number of hydrogen-bond donors (Lipinski definition) is 1. The first-order valence-corrected chi connectivity index (χ1v) is 9.83. The molecule has 0 bridgehead atoms. The summed E-state index contributed by atoms with van der Waals surface area (Å²) in [5.41, 5.74) is 2.84. The Balaban J connectivity index is 1.41. The molecule has 1 aromatic carbocycles. The van der Waals surface area contributed by atoms with E-state index in [0.717, 1.165) is 16.9 Å². The molecule has 1 N–H and O–H groups in total. The number of nitrogens with one attached hydrogen (secondary N) is 1. The van der Waals surface area contributed by atoms with E-state index in [1.807, 2.05) is 24.3 Å². The Morgan fingerprint density at radius 3 is 2.93 bits per heavy atom. The molecular formula is C23H25N3O3. The van der Waals surface area contributed by atoms with Crippen molar-refractivity contribution >= 4 is 23.7 Å². The molecule has 0 aliphatic carbocycles. The van der Waals surface area contributed by atoms with Gasteiger partial charge in [-0.25, -0.2) is 4.98 Å². The number of carbonyl (C=O) groups is 2. The van der Waals surface area contributed by atoms with Crippen molar-refractivity contribution in [1.29, 1.82) is 0 Å². The summed E-state index contributed by atoms with van der Waals surface area (Å²) in [5, 5.41) is 2.76. The summed E-state index contributed by atoms with van der Waals surface area (Å²) in [6.07, 6.45) is 6.00. The van der Waals surface area contributed by atoms with Crippen molar-refractivity contribution in [1.82, 2.24) is 9.88 Å². The van der Waals surface area contributed by atoms with Crippen LogP contribution in [0, 0.1) is 0 Å². The minimum Gasteiger partial charge on any atom is -0.487 e. The minimum absolute atomic E-state index is 0.00991. The predicted octanol–water partition coefficient (Wildman–Crippen LogP) is 3.18. The molecule has 150 valence electrons. The molecule has 1 aromatic heterocycles. The summed E-state index contributed by atoms with van der Waals surface area (Å²) in [5.74, 6) is 1.41. The Hall–Kier alpha value is -3.15. The predicted molar refractivity (Wildman–Crippen MR) is 112 cm³/mol. The lowest BCUT2D eigenvalue weighted by atomic mass is 9.81. The molecule has 0 saturated carbocycles. The Morgan fingerprint density at radius 1 is 1.34 bits per heavy atom. The van der Waals surface area contributed by atoms with Gasteiger partial charge in [0.05, 0.1) is 6.54 Å². The fraction of sp³-hybridized carbons (Fsp3) is 0.348. The molecule has 6 heteroatoms. The molecular weight excluding hydrogens is 366 g/mol. The summed E-state index contributed by atoms with van der Waals surface area (Å²) in [6.45, 7) is 4.80. The number of rotatable bonds is 4. The van der Waals surface area contributed by atoms with Crippen LogP contribution in [0.15, 0.2) is 42.6 Å². The molecule has 0 radical (unpaired) electrons. The van der Waals surface area contributed by atoms with Gasteiger partial charge in [0.2, 0.25) is 11.8 Å². The van der Waals surface area contributed by atoms with E-state index >= 15 is 0 Å². The number of benzene rings is 1. The van der Waals surface area contributed by atoms with E-state index in [9.17, 15) is 9.59 Å². The largest absolute Gasteiger partial charge is 0.487 e. The van der Waals surface area contributed by atoms with Crippen LogP contribution >= 0.6 is 0 Å². The number of fused-ring (bicyclic) bond motifs is 2. The van der Waals surface area contributed by atoms with Crippen molar-refractivity contribution in [3.63, 3.8) is 0 Å². The summed E-state index contributed by atoms with van der Waals surface area (Å²) in [6, 6.07) is 10.0. The number of hydrogen-bond acceptors (Lipinski definition) is 4. The second-order valence-electron chi connectivity index (χ2n) is 8.20. The lowest BCUT2D eigenvalue weighted by Gasteiger charge is -2.29. The van der Waals surface area contributed by atoms with Gasteiger partial charge >= 0.3 is 0 Å². The highest BCUT2D eigenvalue weighted by Gasteiger charge is 2.42. The van der Waals surface area contributed by atoms with Crippen molar-refractivity contribution in [2.75, 3.05) is 18.9 Å². The molecule has 2 aromatic rings. The second kappa shape index (κ2) is 7.35. The molecule has 0 fully saturated rings. The van der Waals surface area contributed by atoms with Crippen LogP contribution < -0.4 is 10.1 Å². The van der Waals surface area contributed by atoms with Crippen LogP contribution in [-0.4, -0.2) is 41.4 Å². The van der Waals surface area contributed by atoms with Crippen molar-refractivity contribution in [3.8, 4) is 5.75 Å². The highest BCUT2D eigenvalue weighted by molar-refractivity contribution is 5.93. The number of ether oxygens (including phenoxy) is 1. The van der Waals surface area contributed by atoms with Gasteiger partial charge in [-0.05, 0) is 35.8 Å². The second-order valence-corrected chi connectivity index (χ2v) is 8.20. The van der Waals surface area contributed by atoms with Gasteiger partial charge in [0.25, 0.3) is 0 Å². The van der Waals surface area contributed by atoms with Gasteiger partial charge in [0, 0.05) is 36.7 Å². The monoisotopic (exact) mass is 391 g/mol. The van der Waals surface area contributed by atoms with Gasteiger partial charge in [-0.2, -0.15) is 0 Å². The van der Waals surface area contributed by atoms with Crippen LogP contribution in [0.2, 0.25) is 0 Å². The third kappa shape index (κ3) is 3.75. The Kier molecular flexibility index (Phi) is 4.86. The van der Waals surface area contributed by atoms with E-state index in [1.165, 1.54) is 5.56 Å². The molecule has 1 atom stereocenters. The summed E-state index contributed by atoms with van der Waals surface area (Å²) in [7, 11) is 1.79. The van der Waals surface area contributed by atoms with E-state index in [4.69, 9.17) is 4.74 Å². The van der Waals surface area contributed by atoms with Gasteiger partial charge in [-0.15, -0.1) is 0 Å². The van der Waals surface area contributed by atoms with Crippen molar-refractivity contribution in [3.05, 3.63) is 59.3 Å². The first kappa shape index (κ1) is 19.2. The third-order valence-electron chi connectivity index (χ3n) is 5.76. The average Bonchev–Trinajstić information content (AvgIpc) is 2.96. The SMILES string of the molecule is CN(CC1Oc2ccccc2C1(C)C)C(=O)/C=C/c1cnc2c(c1)CCC(=O)N2. The summed E-state index contributed by atoms with van der Waals surface area (Å²) in [4.78, 5) is 30.0. The van der Waals surface area contributed by atoms with Crippen LogP contribution in [-0.2, 0) is 21.4 Å². The van der Waals surface area contributed by atoms with Crippen LogP contribution in [0.5, 0.6) is 5.75 Å². The van der Waals surface area contributed by atoms with Gasteiger partial charge in [-0.3, -0.25) is 9.59 Å². The Morgan fingerprint density at radius 2 is 2.14 bits per heavy atom. The molecule has 4 rings (SSSR count). The third-order valence-corrected chi connectivity index (χ3v) is 5.76. The number of carbonyl (C=O) groups excluding carboxylic acids is 2. The zero-order chi connectivity index (χ0) is 20.6. The van der Waals surface area contributed by atoms with E-state index < -0.39 is 0 Å². The highest BCUT2D eigenvalue weighted by atomic mass is 16.5. The average molecular weight is 391 g/mol. The van der Waals surface area contributed by atoms with E-state index in [2.05, 4.69) is 30.2 Å². The van der Waals surface area contributed by atoms with Crippen LogP contribution in [0.4, 0.5) is 5.82 Å². The van der Waals surface area contributed by atoms with Gasteiger partial charge < -0.3 is 15.0 Å². The fourth-order valence-corrected chi connectivity index (χ4v) is 3.84. The first-order chi connectivity index (χ1) is 13.8. The number of anilines is 1. The van der Waals surface area contributed by atoms with Gasteiger partial charge in [0.15, 0.2) is 0 Å². The maximum Gasteiger partial charge on any atom is 0.246 e. The van der Waals surface area contributed by atoms with Crippen molar-refractivity contribution in [2.45, 2.75) is 38.2 Å². The van der Waals surface area contributed by atoms with Crippen LogP contribution in [0.25, 0.3) is 6.08 Å². The maximum atomic E-state index is 12.6. The molecule has 2 amide bonds. The molecule has 0 spiro atoms. The van der Waals surface area contributed by atoms with Crippen LogP contribution in [0.3, 0.4) is 0 Å². The standard InChI is InChI=1S/C23H25N3O3/c1-23(2)17-6-4-5-7-18(17)29-19(23)14-26(3)21(28)11-8-15-12-16-9-10-20(27)25-22(16)24-13-15/h4-8,11-13,19H,9-10,14H2,1-3H3,(H,24,25,27)/b11-8+. The molecule has 2 aliphatic rings. The lowest BCUT2D eigenvalue weighted by molar-refractivity contribution is -0.126. The molecule has 6 nitrogen and oxygen atoms in total. The molecule has 29 heavy (non-hydrogen) atoms. The molecule has 0 saturated heterocycles. The molecule has 1 unspecified atom stereocenters. The number of para-hydroxylation sites is 1. The van der Waals surface area contributed by atoms with E-state index in [-0.39, 0.29) is 23.3 Å². The number of nitrogens with zero attached hydrogens (tertiary/aromatic N) is 2. The fourth-order valence-electron chi connectivity index (χ4n) is 3.84.